The molecule has 2 rings (SSSR count). The summed E-state index contributed by atoms with van der Waals surface area (Å²) in [5.41, 5.74) is 1.43. The molecule has 0 radical (unpaired) electrons. The van der Waals surface area contributed by atoms with E-state index in [1.807, 2.05) is 19.0 Å². The lowest BCUT2D eigenvalue weighted by molar-refractivity contribution is -0.132. The van der Waals surface area contributed by atoms with E-state index in [1.54, 1.807) is 0 Å². The van der Waals surface area contributed by atoms with E-state index in [-0.39, 0.29) is 17.8 Å². The van der Waals surface area contributed by atoms with Crippen molar-refractivity contribution in [2.75, 3.05) is 39.1 Å². The van der Waals surface area contributed by atoms with Gasteiger partial charge in [0.2, 0.25) is 11.8 Å². The number of hydrogen-bond donors (Lipinski definition) is 1. The average molecular weight is 808 g/mol. The summed E-state index contributed by atoms with van der Waals surface area (Å²) in [6.45, 7) is 6.72. The van der Waals surface area contributed by atoms with Crippen LogP contribution in [-0.4, -0.2) is 61.4 Å². The second-order valence-electron chi connectivity index (χ2n) is 16.1. The standard InChI is InChI=1S/C49H81N3O4S/c1-5-7-9-11-13-15-17-19-21-23-25-27-29-31-33-36-45(53)50-48-47(49(55)56-41-35-39-51(3)4)43-38-40-52(42-44(43)57-48)46(54)37-34-32-30-28-26-24-22-20-18-16-14-12-10-8-6-2/h13-16,19-22H,5-12,17-18,23-42H2,1-4H3,(H,50,53)/b15-13-,16-14-,21-19-,22-20-. The van der Waals surface area contributed by atoms with Gasteiger partial charge in [-0.25, -0.2) is 4.79 Å². The van der Waals surface area contributed by atoms with Crippen molar-refractivity contribution >= 4 is 34.1 Å². The number of esters is 1. The van der Waals surface area contributed by atoms with Crippen molar-refractivity contribution in [2.24, 2.45) is 0 Å². The summed E-state index contributed by atoms with van der Waals surface area (Å²) in [5.74, 6) is -0.252. The molecule has 0 aromatic carbocycles. The minimum atomic E-state index is -0.372. The van der Waals surface area contributed by atoms with E-state index >= 15 is 0 Å². The number of thiophene rings is 1. The number of amides is 2. The Morgan fingerprint density at radius 3 is 1.72 bits per heavy atom. The first kappa shape index (κ1) is 50.2. The van der Waals surface area contributed by atoms with Crippen LogP contribution in [0, 0.1) is 0 Å². The van der Waals surface area contributed by atoms with Gasteiger partial charge in [0.15, 0.2) is 0 Å². The normalized spacial score (nSPS) is 13.2. The Morgan fingerprint density at radius 1 is 0.667 bits per heavy atom. The summed E-state index contributed by atoms with van der Waals surface area (Å²) in [7, 11) is 4.00. The highest BCUT2D eigenvalue weighted by Crippen LogP contribution is 2.38. The van der Waals surface area contributed by atoms with Crippen molar-refractivity contribution in [3.05, 3.63) is 64.6 Å². The summed E-state index contributed by atoms with van der Waals surface area (Å²) in [6, 6.07) is 0. The number of unbranched alkanes of at least 4 members (excludes halogenated alkanes) is 16. The highest BCUT2D eigenvalue weighted by Gasteiger charge is 2.31. The van der Waals surface area contributed by atoms with Crippen molar-refractivity contribution in [1.29, 1.82) is 0 Å². The number of anilines is 1. The Labute approximate surface area is 352 Å². The number of carbonyl (C=O) groups excluding carboxylic acids is 3. The van der Waals surface area contributed by atoms with E-state index in [2.05, 4.69) is 72.7 Å². The molecule has 1 aromatic rings. The van der Waals surface area contributed by atoms with Crippen LogP contribution in [0.5, 0.6) is 0 Å². The third-order valence-electron chi connectivity index (χ3n) is 10.5. The minimum Gasteiger partial charge on any atom is -0.462 e. The van der Waals surface area contributed by atoms with E-state index in [1.165, 1.54) is 88.4 Å². The fraction of sp³-hybridized carbons (Fsp3) is 0.694. The number of rotatable bonds is 34. The van der Waals surface area contributed by atoms with E-state index in [0.717, 1.165) is 87.6 Å². The molecule has 0 bridgehead atoms. The van der Waals surface area contributed by atoms with Crippen LogP contribution < -0.4 is 5.32 Å². The summed E-state index contributed by atoms with van der Waals surface area (Å²) in [5, 5.41) is 3.66. The molecule has 0 spiro atoms. The van der Waals surface area contributed by atoms with Gasteiger partial charge in [-0.2, -0.15) is 0 Å². The second-order valence-corrected chi connectivity index (χ2v) is 17.2. The Hall–Kier alpha value is -2.97. The lowest BCUT2D eigenvalue weighted by atomic mass is 10.0. The van der Waals surface area contributed by atoms with Crippen LogP contribution in [0.25, 0.3) is 0 Å². The van der Waals surface area contributed by atoms with Gasteiger partial charge < -0.3 is 19.9 Å². The van der Waals surface area contributed by atoms with Crippen molar-refractivity contribution in [3.8, 4) is 0 Å². The molecule has 0 saturated heterocycles. The van der Waals surface area contributed by atoms with E-state index in [9.17, 15) is 14.4 Å². The fourth-order valence-electron chi connectivity index (χ4n) is 7.07. The van der Waals surface area contributed by atoms with Crippen LogP contribution in [0.2, 0.25) is 0 Å². The number of fused-ring (bicyclic) bond motifs is 1. The van der Waals surface area contributed by atoms with Crippen molar-refractivity contribution < 1.29 is 19.1 Å². The van der Waals surface area contributed by atoms with Crippen LogP contribution in [0.4, 0.5) is 5.00 Å². The maximum atomic E-state index is 13.4. The highest BCUT2D eigenvalue weighted by atomic mass is 32.1. The molecule has 322 valence electrons. The van der Waals surface area contributed by atoms with Crippen LogP contribution >= 0.6 is 11.3 Å². The summed E-state index contributed by atoms with van der Waals surface area (Å²) in [6.07, 6.45) is 46.0. The summed E-state index contributed by atoms with van der Waals surface area (Å²) >= 11 is 1.44. The van der Waals surface area contributed by atoms with E-state index < -0.39 is 0 Å². The van der Waals surface area contributed by atoms with Gasteiger partial charge in [0.25, 0.3) is 0 Å². The molecule has 1 N–H and O–H groups in total. The van der Waals surface area contributed by atoms with Crippen molar-refractivity contribution in [2.45, 2.75) is 187 Å². The second kappa shape index (κ2) is 33.9. The van der Waals surface area contributed by atoms with E-state index in [4.69, 9.17) is 4.74 Å². The Kier molecular flexibility index (Phi) is 29.9. The lowest BCUT2D eigenvalue weighted by Gasteiger charge is -2.27. The molecule has 57 heavy (non-hydrogen) atoms. The van der Waals surface area contributed by atoms with Crippen molar-refractivity contribution in [1.82, 2.24) is 9.80 Å². The Bertz CT molecular complexity index is 1340. The minimum absolute atomic E-state index is 0.0600. The quantitative estimate of drug-likeness (QED) is 0.0426. The molecular formula is C49H81N3O4S. The first-order valence-electron chi connectivity index (χ1n) is 23.0. The zero-order valence-electron chi connectivity index (χ0n) is 36.8. The lowest BCUT2D eigenvalue weighted by Crippen LogP contribution is -2.35. The number of allylic oxidation sites excluding steroid dienone is 8. The summed E-state index contributed by atoms with van der Waals surface area (Å²) < 4.78 is 5.72. The van der Waals surface area contributed by atoms with E-state index in [0.29, 0.717) is 49.5 Å². The molecule has 0 unspecified atom stereocenters. The maximum absolute atomic E-state index is 13.4. The average Bonchev–Trinajstić information content (AvgIpc) is 3.56. The number of nitrogens with one attached hydrogen (secondary N) is 1. The smallest absolute Gasteiger partial charge is 0.341 e. The van der Waals surface area contributed by atoms with Gasteiger partial charge in [-0.15, -0.1) is 11.3 Å². The number of nitrogens with zero attached hydrogens (tertiary/aromatic N) is 2. The van der Waals surface area contributed by atoms with Crippen molar-refractivity contribution in [3.63, 3.8) is 0 Å². The van der Waals surface area contributed by atoms with Gasteiger partial charge in [-0.05, 0) is 110 Å². The molecule has 0 fully saturated rings. The Morgan fingerprint density at radius 2 is 1.18 bits per heavy atom. The zero-order chi connectivity index (χ0) is 41.2. The number of ether oxygens (including phenoxy) is 1. The largest absolute Gasteiger partial charge is 0.462 e. The molecule has 0 aliphatic carbocycles. The first-order valence-corrected chi connectivity index (χ1v) is 23.8. The molecule has 0 saturated carbocycles. The SMILES string of the molecule is CCCCC/C=C\C/C=C\CCCCCCCC(=O)Nc1sc2c(c1C(=O)OCCCN(C)C)CCN(C(=O)CCCCCCC/C=C\C/C=C\CCCCC)C2. The monoisotopic (exact) mass is 808 g/mol. The molecule has 2 heterocycles. The van der Waals surface area contributed by atoms with Gasteiger partial charge in [0.05, 0.1) is 18.7 Å². The Balaban J connectivity index is 1.76. The fourth-order valence-corrected chi connectivity index (χ4v) is 8.34. The highest BCUT2D eigenvalue weighted by molar-refractivity contribution is 7.17. The van der Waals surface area contributed by atoms with Crippen LogP contribution in [-0.2, 0) is 27.3 Å². The van der Waals surface area contributed by atoms with Crippen LogP contribution in [0.3, 0.4) is 0 Å². The molecule has 1 aromatic heterocycles. The number of hydrogen-bond acceptors (Lipinski definition) is 6. The van der Waals surface area contributed by atoms with Gasteiger partial charge in [0, 0.05) is 30.8 Å². The third-order valence-corrected chi connectivity index (χ3v) is 11.7. The van der Waals surface area contributed by atoms with Gasteiger partial charge >= 0.3 is 5.97 Å². The van der Waals surface area contributed by atoms with Crippen LogP contribution in [0.1, 0.15) is 195 Å². The van der Waals surface area contributed by atoms with Gasteiger partial charge in [-0.1, -0.05) is 127 Å². The maximum Gasteiger partial charge on any atom is 0.341 e. The molecular weight excluding hydrogens is 727 g/mol. The molecule has 7 nitrogen and oxygen atoms in total. The molecule has 8 heteroatoms. The molecule has 1 aliphatic heterocycles. The molecule has 2 amide bonds. The molecule has 0 atom stereocenters. The summed E-state index contributed by atoms with van der Waals surface area (Å²) in [4.78, 5) is 44.8. The molecule has 1 aliphatic rings. The topological polar surface area (TPSA) is 79.0 Å². The predicted octanol–water partition coefficient (Wildman–Crippen LogP) is 13.3. The predicted molar refractivity (Wildman–Crippen MR) is 244 cm³/mol. The zero-order valence-corrected chi connectivity index (χ0v) is 37.6. The van der Waals surface area contributed by atoms with Crippen LogP contribution in [0.15, 0.2) is 48.6 Å². The number of carbonyl (C=O) groups is 3. The first-order chi connectivity index (χ1) is 27.9. The van der Waals surface area contributed by atoms with Gasteiger partial charge in [-0.3, -0.25) is 9.59 Å². The third kappa shape index (κ3) is 24.5. The van der Waals surface area contributed by atoms with Gasteiger partial charge in [0.1, 0.15) is 5.00 Å².